The lowest BCUT2D eigenvalue weighted by atomic mass is 10.1. The molecule has 0 aromatic carbocycles. The van der Waals surface area contributed by atoms with Crippen molar-refractivity contribution in [2.45, 2.75) is 24.8 Å². The number of nitrogens with one attached hydrogen (secondary N) is 3. The first-order valence-electron chi connectivity index (χ1n) is 11.3. The molecule has 4 heterocycles. The first-order valence-corrected chi connectivity index (χ1v) is 11.3. The monoisotopic (exact) mass is 549 g/mol. The lowest BCUT2D eigenvalue weighted by Gasteiger charge is -2.44. The van der Waals surface area contributed by atoms with Gasteiger partial charge in [-0.1, -0.05) is 0 Å². The van der Waals surface area contributed by atoms with Gasteiger partial charge in [-0.25, -0.2) is 10.1 Å². The Balaban J connectivity index is 1.25. The third-order valence-electron chi connectivity index (χ3n) is 5.92. The third-order valence-corrected chi connectivity index (χ3v) is 5.92. The molecular weight excluding hydrogens is 528 g/mol. The highest BCUT2D eigenvalue weighted by atomic mass is 19.4. The van der Waals surface area contributed by atoms with Crippen LogP contribution < -0.4 is 21.1 Å². The van der Waals surface area contributed by atoms with E-state index in [0.29, 0.717) is 6.20 Å². The van der Waals surface area contributed by atoms with Crippen LogP contribution in [-0.2, 0) is 26.7 Å². The number of hydrogen-bond donors (Lipinski definition) is 3. The van der Waals surface area contributed by atoms with Crippen LogP contribution in [0.1, 0.15) is 17.5 Å². The molecule has 0 aliphatic carbocycles. The van der Waals surface area contributed by atoms with Crippen molar-refractivity contribution in [1.82, 2.24) is 20.1 Å². The van der Waals surface area contributed by atoms with Crippen LogP contribution in [-0.4, -0.2) is 77.3 Å². The van der Waals surface area contributed by atoms with Crippen molar-refractivity contribution >= 4 is 29.0 Å². The number of aromatic amines is 1. The summed E-state index contributed by atoms with van der Waals surface area (Å²) in [4.78, 5) is 43.4. The summed E-state index contributed by atoms with van der Waals surface area (Å²) < 4.78 is 83.3. The van der Waals surface area contributed by atoms with E-state index in [-0.39, 0.29) is 63.2 Å². The van der Waals surface area contributed by atoms with E-state index in [1.165, 1.54) is 4.90 Å². The SMILES string of the molecule is O=C1Nc2cc(C(F)(F)F)cnc2N2CCN(C(=O)CCOCCNc3cn[nH]c(=O)c3C(F)(F)F)CC12. The summed E-state index contributed by atoms with van der Waals surface area (Å²) in [6.07, 6.45) is -8.05. The number of H-pyrrole nitrogens is 1. The summed E-state index contributed by atoms with van der Waals surface area (Å²) in [5.74, 6) is -0.713. The van der Waals surface area contributed by atoms with E-state index in [0.717, 1.165) is 12.3 Å². The molecule has 1 unspecified atom stereocenters. The summed E-state index contributed by atoms with van der Waals surface area (Å²) in [6, 6.07) is -0.0174. The fraction of sp³-hybridized carbons (Fsp3) is 0.476. The van der Waals surface area contributed by atoms with Gasteiger partial charge in [0.2, 0.25) is 11.8 Å². The third kappa shape index (κ3) is 5.81. The molecule has 0 saturated carbocycles. The van der Waals surface area contributed by atoms with Gasteiger partial charge >= 0.3 is 12.4 Å². The van der Waals surface area contributed by atoms with Crippen molar-refractivity contribution in [2.75, 3.05) is 54.9 Å². The minimum absolute atomic E-state index is 0.00978. The minimum Gasteiger partial charge on any atom is -0.381 e. The van der Waals surface area contributed by atoms with E-state index in [9.17, 15) is 40.7 Å². The van der Waals surface area contributed by atoms with Crippen LogP contribution in [0, 0.1) is 0 Å². The number of carbonyl (C=O) groups is 2. The fourth-order valence-corrected chi connectivity index (χ4v) is 4.13. The number of rotatable bonds is 7. The van der Waals surface area contributed by atoms with Gasteiger partial charge in [0.25, 0.3) is 5.56 Å². The molecular formula is C21H21F6N7O4. The number of anilines is 3. The molecule has 2 aromatic rings. The number of ether oxygens (including phenoxy) is 1. The van der Waals surface area contributed by atoms with Gasteiger partial charge in [0.05, 0.1) is 49.3 Å². The summed E-state index contributed by atoms with van der Waals surface area (Å²) in [5.41, 5.74) is -4.34. The van der Waals surface area contributed by atoms with Crippen LogP contribution in [0.2, 0.25) is 0 Å². The minimum atomic E-state index is -4.88. The Morgan fingerprint density at radius 2 is 1.87 bits per heavy atom. The predicted molar refractivity (Wildman–Crippen MR) is 119 cm³/mol. The van der Waals surface area contributed by atoms with Gasteiger partial charge in [-0.15, -0.1) is 0 Å². The molecule has 1 saturated heterocycles. The number of amides is 2. The van der Waals surface area contributed by atoms with Crippen molar-refractivity contribution in [3.8, 4) is 0 Å². The topological polar surface area (TPSA) is 133 Å². The maximum Gasteiger partial charge on any atom is 0.423 e. The molecule has 0 bridgehead atoms. The molecule has 2 aromatic heterocycles. The maximum atomic E-state index is 13.0. The Kier molecular flexibility index (Phi) is 7.48. The van der Waals surface area contributed by atoms with E-state index in [4.69, 9.17) is 4.74 Å². The molecule has 2 aliphatic heterocycles. The quantitative estimate of drug-likeness (QED) is 0.351. The predicted octanol–water partition coefficient (Wildman–Crippen LogP) is 1.69. The molecule has 1 fully saturated rings. The molecule has 17 heteroatoms. The maximum absolute atomic E-state index is 13.0. The second-order valence-electron chi connectivity index (χ2n) is 8.41. The number of carbonyl (C=O) groups excluding carboxylic acids is 2. The highest BCUT2D eigenvalue weighted by Gasteiger charge is 2.41. The first-order chi connectivity index (χ1) is 17.9. The molecule has 206 valence electrons. The molecule has 1 atom stereocenters. The van der Waals surface area contributed by atoms with Crippen molar-refractivity contribution in [2.24, 2.45) is 0 Å². The number of halogens is 6. The Hall–Kier alpha value is -3.89. The zero-order valence-electron chi connectivity index (χ0n) is 19.4. The average molecular weight is 549 g/mol. The lowest BCUT2D eigenvalue weighted by Crippen LogP contribution is -2.61. The molecule has 0 spiro atoms. The van der Waals surface area contributed by atoms with Crippen molar-refractivity contribution < 1.29 is 40.7 Å². The first kappa shape index (κ1) is 27.2. The van der Waals surface area contributed by atoms with E-state index >= 15 is 0 Å². The highest BCUT2D eigenvalue weighted by molar-refractivity contribution is 6.03. The number of nitrogens with zero attached hydrogens (tertiary/aromatic N) is 4. The average Bonchev–Trinajstić information content (AvgIpc) is 2.84. The highest BCUT2D eigenvalue weighted by Crippen LogP contribution is 2.37. The van der Waals surface area contributed by atoms with Crippen molar-refractivity contribution in [1.29, 1.82) is 0 Å². The zero-order chi connectivity index (χ0) is 27.7. The van der Waals surface area contributed by atoms with Gasteiger partial charge in [0, 0.05) is 25.8 Å². The van der Waals surface area contributed by atoms with Gasteiger partial charge in [0.15, 0.2) is 5.82 Å². The number of pyridine rings is 1. The number of fused-ring (bicyclic) bond motifs is 3. The lowest BCUT2D eigenvalue weighted by molar-refractivity contribution is -0.138. The van der Waals surface area contributed by atoms with Crippen molar-refractivity contribution in [3.05, 3.63) is 39.9 Å². The molecule has 11 nitrogen and oxygen atoms in total. The van der Waals surface area contributed by atoms with Crippen LogP contribution in [0.25, 0.3) is 0 Å². The summed E-state index contributed by atoms with van der Waals surface area (Å²) in [6.45, 7) is 0.143. The Bertz CT molecular complexity index is 1270. The summed E-state index contributed by atoms with van der Waals surface area (Å²) >= 11 is 0. The summed E-state index contributed by atoms with van der Waals surface area (Å²) in [5, 5.41) is 9.90. The number of aromatic nitrogens is 3. The van der Waals surface area contributed by atoms with Crippen LogP contribution >= 0.6 is 0 Å². The Morgan fingerprint density at radius 1 is 1.11 bits per heavy atom. The van der Waals surface area contributed by atoms with Gasteiger partial charge < -0.3 is 25.2 Å². The van der Waals surface area contributed by atoms with Gasteiger partial charge in [0.1, 0.15) is 11.6 Å². The molecule has 0 radical (unpaired) electrons. The van der Waals surface area contributed by atoms with Crippen LogP contribution in [0.4, 0.5) is 43.5 Å². The Labute approximate surface area is 210 Å². The molecule has 2 aliphatic rings. The number of alkyl halides is 6. The number of piperazine rings is 1. The molecule has 3 N–H and O–H groups in total. The van der Waals surface area contributed by atoms with E-state index in [2.05, 4.69) is 20.7 Å². The van der Waals surface area contributed by atoms with Gasteiger partial charge in [-0.05, 0) is 6.07 Å². The summed E-state index contributed by atoms with van der Waals surface area (Å²) in [7, 11) is 0. The second-order valence-corrected chi connectivity index (χ2v) is 8.41. The van der Waals surface area contributed by atoms with Crippen molar-refractivity contribution in [3.63, 3.8) is 0 Å². The largest absolute Gasteiger partial charge is 0.423 e. The van der Waals surface area contributed by atoms with E-state index in [1.807, 2.05) is 0 Å². The normalized spacial score (nSPS) is 17.5. The van der Waals surface area contributed by atoms with Crippen LogP contribution in [0.5, 0.6) is 0 Å². The molecule has 38 heavy (non-hydrogen) atoms. The van der Waals surface area contributed by atoms with E-state index < -0.39 is 46.7 Å². The Morgan fingerprint density at radius 3 is 2.58 bits per heavy atom. The fourth-order valence-electron chi connectivity index (χ4n) is 4.13. The second kappa shape index (κ2) is 10.5. The zero-order valence-corrected chi connectivity index (χ0v) is 19.4. The van der Waals surface area contributed by atoms with Gasteiger partial charge in [-0.2, -0.15) is 31.4 Å². The standard InChI is InChI=1S/C21H21F6N7O4/c22-20(23,24)11-7-12-17(29-8-11)34-4-3-33(10-14(34)18(36)31-12)15(35)1-5-38-6-2-28-13-9-30-32-19(37)16(13)21(25,26)27/h7-9,14H,1-6,10H2,(H,31,36)(H2,28,32,37). The smallest absolute Gasteiger partial charge is 0.381 e. The number of hydrogen-bond acceptors (Lipinski definition) is 8. The van der Waals surface area contributed by atoms with Gasteiger partial charge in [-0.3, -0.25) is 14.4 Å². The van der Waals surface area contributed by atoms with Crippen LogP contribution in [0.3, 0.4) is 0 Å². The van der Waals surface area contributed by atoms with Crippen LogP contribution in [0.15, 0.2) is 23.3 Å². The van der Waals surface area contributed by atoms with E-state index in [1.54, 1.807) is 10.00 Å². The molecule has 4 rings (SSSR count). The molecule has 2 amide bonds.